The van der Waals surface area contributed by atoms with Gasteiger partial charge < -0.3 is 9.97 Å². The molecule has 0 amide bonds. The normalized spacial score (nSPS) is 10.3. The van der Waals surface area contributed by atoms with Crippen LogP contribution in [0.25, 0.3) is 27.9 Å². The van der Waals surface area contributed by atoms with Gasteiger partial charge in [-0.1, -0.05) is 46.8 Å². The summed E-state index contributed by atoms with van der Waals surface area (Å²) in [6, 6.07) is 11.6. The number of rotatable bonds is 3. The zero-order valence-corrected chi connectivity index (χ0v) is 14.8. The van der Waals surface area contributed by atoms with E-state index >= 15 is 0 Å². The first-order valence-corrected chi connectivity index (χ1v) is 8.36. The third-order valence-electron chi connectivity index (χ3n) is 3.90. The molecule has 4 rings (SSSR count). The maximum absolute atomic E-state index is 10.6. The Morgan fingerprint density at radius 2 is 1.40 bits per heavy atom. The number of aromatic amines is 2. The average Bonchev–Trinajstić information content (AvgIpc) is 3.24. The van der Waals surface area contributed by atoms with Gasteiger partial charge in [0.05, 0.1) is 0 Å². The van der Waals surface area contributed by atoms with Crippen molar-refractivity contribution in [2.75, 3.05) is 0 Å². The molecule has 0 unspecified atom stereocenters. The van der Waals surface area contributed by atoms with E-state index in [4.69, 9.17) is 0 Å². The van der Waals surface area contributed by atoms with Crippen LogP contribution < -0.4 is 0 Å². The van der Waals surface area contributed by atoms with E-state index in [1.54, 1.807) is 18.5 Å². The second-order valence-corrected chi connectivity index (χ2v) is 6.34. The summed E-state index contributed by atoms with van der Waals surface area (Å²) in [5.74, 6) is 0. The van der Waals surface area contributed by atoms with Crippen molar-refractivity contribution in [3.05, 3.63) is 76.5 Å². The molecule has 0 radical (unpaired) electrons. The first-order valence-electron chi connectivity index (χ1n) is 7.57. The highest BCUT2D eigenvalue weighted by atomic mass is 79.9. The van der Waals surface area contributed by atoms with E-state index in [1.165, 1.54) is 0 Å². The highest BCUT2D eigenvalue weighted by Crippen LogP contribution is 2.21. The van der Waals surface area contributed by atoms with Crippen molar-refractivity contribution in [2.45, 2.75) is 0 Å². The number of halogens is 1. The minimum atomic E-state index is 0.700. The quantitative estimate of drug-likeness (QED) is 0.458. The van der Waals surface area contributed by atoms with Crippen LogP contribution in [-0.4, -0.2) is 22.5 Å². The molecule has 2 aromatic carbocycles. The second-order valence-electron chi connectivity index (χ2n) is 5.42. The van der Waals surface area contributed by atoms with Crippen molar-refractivity contribution in [3.8, 4) is 0 Å². The van der Waals surface area contributed by atoms with Crippen LogP contribution in [0.15, 0.2) is 59.8 Å². The molecule has 0 bridgehead atoms. The minimum Gasteiger partial charge on any atom is -0.360 e. The van der Waals surface area contributed by atoms with Crippen molar-refractivity contribution >= 4 is 56.4 Å². The zero-order chi connectivity index (χ0) is 17.8. The number of fused-ring (bicyclic) bond motifs is 2. The molecule has 124 valence electrons. The molecular formula is C20H15BrN2O2. The Labute approximate surface area is 152 Å². The molecule has 25 heavy (non-hydrogen) atoms. The molecular weight excluding hydrogens is 380 g/mol. The lowest BCUT2D eigenvalue weighted by atomic mass is 10.1. The summed E-state index contributed by atoms with van der Waals surface area (Å²) in [7, 11) is 0. The molecule has 0 spiro atoms. The number of carbonyl (C=O) groups excluding carboxylic acids is 2. The number of nitrogens with one attached hydrogen (secondary N) is 2. The maximum Gasteiger partial charge on any atom is 0.152 e. The third kappa shape index (κ3) is 3.46. The van der Waals surface area contributed by atoms with E-state index in [-0.39, 0.29) is 0 Å². The van der Waals surface area contributed by atoms with E-state index in [1.807, 2.05) is 36.4 Å². The third-order valence-corrected chi connectivity index (χ3v) is 4.40. The van der Waals surface area contributed by atoms with Gasteiger partial charge in [-0.3, -0.25) is 9.59 Å². The smallest absolute Gasteiger partial charge is 0.152 e. The van der Waals surface area contributed by atoms with Crippen LogP contribution in [0.3, 0.4) is 0 Å². The summed E-state index contributed by atoms with van der Waals surface area (Å²) in [5, 5.41) is 1.92. The lowest BCUT2D eigenvalue weighted by Gasteiger charge is -1.93. The first-order chi connectivity index (χ1) is 12.2. The largest absolute Gasteiger partial charge is 0.360 e. The van der Waals surface area contributed by atoms with Gasteiger partial charge in [0.15, 0.2) is 12.6 Å². The van der Waals surface area contributed by atoms with Gasteiger partial charge in [0, 0.05) is 49.8 Å². The number of aldehydes is 2. The van der Waals surface area contributed by atoms with Gasteiger partial charge in [-0.25, -0.2) is 0 Å². The lowest BCUT2D eigenvalue weighted by molar-refractivity contribution is 0.111. The number of aromatic nitrogens is 2. The minimum absolute atomic E-state index is 0.700. The Balaban J connectivity index is 0.000000146. The Hall–Kier alpha value is -2.92. The molecule has 5 heteroatoms. The molecule has 2 N–H and O–H groups in total. The lowest BCUT2D eigenvalue weighted by Crippen LogP contribution is -1.75. The predicted octanol–water partition coefficient (Wildman–Crippen LogP) is 5.37. The topological polar surface area (TPSA) is 65.7 Å². The summed E-state index contributed by atoms with van der Waals surface area (Å²) in [5.41, 5.74) is 4.40. The van der Waals surface area contributed by atoms with Crippen molar-refractivity contribution in [1.29, 1.82) is 0 Å². The monoisotopic (exact) mass is 394 g/mol. The molecule has 2 heterocycles. The average molecular weight is 395 g/mol. The van der Waals surface area contributed by atoms with E-state index in [0.717, 1.165) is 44.4 Å². The van der Waals surface area contributed by atoms with Crippen LogP contribution in [0.1, 0.15) is 26.3 Å². The fourth-order valence-corrected chi connectivity index (χ4v) is 2.97. The van der Waals surface area contributed by atoms with E-state index in [9.17, 15) is 9.59 Å². The van der Waals surface area contributed by atoms with Crippen LogP contribution >= 0.6 is 15.9 Å². The van der Waals surface area contributed by atoms with Crippen molar-refractivity contribution < 1.29 is 9.59 Å². The van der Waals surface area contributed by atoms with Crippen molar-refractivity contribution in [2.24, 2.45) is 0 Å². The fourth-order valence-electron chi connectivity index (χ4n) is 2.61. The summed E-state index contributed by atoms with van der Waals surface area (Å²) >= 11 is 3.36. The van der Waals surface area contributed by atoms with Gasteiger partial charge in [0.25, 0.3) is 0 Å². The van der Waals surface area contributed by atoms with E-state index in [0.29, 0.717) is 11.1 Å². The maximum atomic E-state index is 10.6. The molecule has 0 saturated carbocycles. The van der Waals surface area contributed by atoms with Crippen molar-refractivity contribution in [3.63, 3.8) is 0 Å². The Morgan fingerprint density at radius 3 is 1.96 bits per heavy atom. The number of hydrogen-bond acceptors (Lipinski definition) is 2. The number of benzene rings is 2. The Kier molecular flexibility index (Phi) is 4.95. The molecule has 0 atom stereocenters. The Bertz CT molecular complexity index is 1080. The van der Waals surface area contributed by atoms with E-state index < -0.39 is 0 Å². The highest BCUT2D eigenvalue weighted by Gasteiger charge is 2.02. The Morgan fingerprint density at radius 1 is 0.840 bits per heavy atom. The standard InChI is InChI=1S/C11H9NO.C9H6BrNO/c1-2-8-3-4-10-9(7-13)6-12-11(10)5-8;10-7-1-2-8-6(5-12)4-11-9(8)3-7/h2-7,12H,1H2;1-5,11H. The van der Waals surface area contributed by atoms with Crippen molar-refractivity contribution in [1.82, 2.24) is 9.97 Å². The molecule has 0 aliphatic rings. The zero-order valence-electron chi connectivity index (χ0n) is 13.3. The van der Waals surface area contributed by atoms with Crippen LogP contribution in [0.2, 0.25) is 0 Å². The highest BCUT2D eigenvalue weighted by molar-refractivity contribution is 9.10. The predicted molar refractivity (Wildman–Crippen MR) is 105 cm³/mol. The van der Waals surface area contributed by atoms with Gasteiger partial charge in [-0.2, -0.15) is 0 Å². The molecule has 4 nitrogen and oxygen atoms in total. The van der Waals surface area contributed by atoms with Gasteiger partial charge in [-0.15, -0.1) is 0 Å². The van der Waals surface area contributed by atoms with Gasteiger partial charge in [0.2, 0.25) is 0 Å². The molecule has 2 aromatic heterocycles. The van der Waals surface area contributed by atoms with Gasteiger partial charge >= 0.3 is 0 Å². The summed E-state index contributed by atoms with van der Waals surface area (Å²) in [6.07, 6.45) is 6.91. The first kappa shape index (κ1) is 16.9. The van der Waals surface area contributed by atoms with Crippen LogP contribution in [0.5, 0.6) is 0 Å². The molecule has 0 fully saturated rings. The van der Waals surface area contributed by atoms with Gasteiger partial charge in [0.1, 0.15) is 0 Å². The number of hydrogen-bond donors (Lipinski definition) is 2. The second kappa shape index (κ2) is 7.32. The molecule has 0 saturated heterocycles. The molecule has 0 aliphatic heterocycles. The van der Waals surface area contributed by atoms with E-state index in [2.05, 4.69) is 32.5 Å². The molecule has 0 aliphatic carbocycles. The van der Waals surface area contributed by atoms with Gasteiger partial charge in [-0.05, 0) is 23.8 Å². The fraction of sp³-hybridized carbons (Fsp3) is 0. The SMILES string of the molecule is C=Cc1ccc2c(C=O)c[nH]c2c1.O=Cc1c[nH]c2cc(Br)ccc12. The number of H-pyrrole nitrogens is 2. The summed E-state index contributed by atoms with van der Waals surface area (Å²) in [4.78, 5) is 27.2. The van der Waals surface area contributed by atoms with Crippen LogP contribution in [0, 0.1) is 0 Å². The van der Waals surface area contributed by atoms with Crippen LogP contribution in [0.4, 0.5) is 0 Å². The van der Waals surface area contributed by atoms with Crippen LogP contribution in [-0.2, 0) is 0 Å². The molecule has 4 aromatic rings. The summed E-state index contributed by atoms with van der Waals surface area (Å²) < 4.78 is 1.01. The summed E-state index contributed by atoms with van der Waals surface area (Å²) in [6.45, 7) is 3.68. The number of carbonyl (C=O) groups is 2.